The summed E-state index contributed by atoms with van der Waals surface area (Å²) >= 11 is 11.9. The number of esters is 1. The predicted octanol–water partition coefficient (Wildman–Crippen LogP) is 4.23. The SMILES string of the molecule is CN(Cc1ccc(Cl)c(Cl)c1)C(=O)COC(=O)C1(c2ccccc2)CC1. The van der Waals surface area contributed by atoms with Gasteiger partial charge in [-0.25, -0.2) is 0 Å². The second-order valence-corrected chi connectivity index (χ2v) is 7.34. The lowest BCUT2D eigenvalue weighted by Gasteiger charge is -2.19. The van der Waals surface area contributed by atoms with E-state index in [0.717, 1.165) is 24.0 Å². The third-order valence-electron chi connectivity index (χ3n) is 4.62. The van der Waals surface area contributed by atoms with Gasteiger partial charge in [0.05, 0.1) is 15.5 Å². The average molecular weight is 392 g/mol. The van der Waals surface area contributed by atoms with Crippen molar-refractivity contribution < 1.29 is 14.3 Å². The minimum Gasteiger partial charge on any atom is -0.455 e. The van der Waals surface area contributed by atoms with E-state index in [1.165, 1.54) is 4.90 Å². The number of hydrogen-bond donors (Lipinski definition) is 0. The summed E-state index contributed by atoms with van der Waals surface area (Å²) in [6.07, 6.45) is 1.51. The summed E-state index contributed by atoms with van der Waals surface area (Å²) in [5, 5.41) is 0.906. The third-order valence-corrected chi connectivity index (χ3v) is 5.36. The Morgan fingerprint density at radius 2 is 1.77 bits per heavy atom. The largest absolute Gasteiger partial charge is 0.455 e. The summed E-state index contributed by atoms with van der Waals surface area (Å²) < 4.78 is 5.31. The van der Waals surface area contributed by atoms with Crippen molar-refractivity contribution in [2.75, 3.05) is 13.7 Å². The van der Waals surface area contributed by atoms with Crippen LogP contribution in [0.2, 0.25) is 10.0 Å². The lowest BCUT2D eigenvalue weighted by molar-refractivity contribution is -0.154. The van der Waals surface area contributed by atoms with Crippen LogP contribution in [0.5, 0.6) is 0 Å². The van der Waals surface area contributed by atoms with Crippen LogP contribution in [0.15, 0.2) is 48.5 Å². The van der Waals surface area contributed by atoms with Crippen LogP contribution in [0, 0.1) is 0 Å². The fraction of sp³-hybridized carbons (Fsp3) is 0.300. The first-order valence-corrected chi connectivity index (χ1v) is 9.08. The minimum absolute atomic E-state index is 0.270. The van der Waals surface area contributed by atoms with Gasteiger partial charge in [-0.15, -0.1) is 0 Å². The van der Waals surface area contributed by atoms with Gasteiger partial charge in [-0.1, -0.05) is 59.6 Å². The molecule has 0 aliphatic heterocycles. The lowest BCUT2D eigenvalue weighted by atomic mass is 9.96. The highest BCUT2D eigenvalue weighted by molar-refractivity contribution is 6.42. The molecule has 0 radical (unpaired) electrons. The first kappa shape index (κ1) is 18.7. The Balaban J connectivity index is 1.55. The Labute approximate surface area is 162 Å². The zero-order valence-electron chi connectivity index (χ0n) is 14.4. The van der Waals surface area contributed by atoms with Gasteiger partial charge in [0, 0.05) is 13.6 Å². The van der Waals surface area contributed by atoms with Crippen molar-refractivity contribution >= 4 is 35.1 Å². The summed E-state index contributed by atoms with van der Waals surface area (Å²) in [4.78, 5) is 26.2. The number of likely N-dealkylation sites (N-methyl/N-ethyl adjacent to an activating group) is 1. The fourth-order valence-electron chi connectivity index (χ4n) is 2.87. The summed E-state index contributed by atoms with van der Waals surface area (Å²) in [6.45, 7) is 0.0857. The van der Waals surface area contributed by atoms with Gasteiger partial charge in [0.25, 0.3) is 5.91 Å². The molecular weight excluding hydrogens is 373 g/mol. The molecular formula is C20H19Cl2NO3. The molecule has 0 aromatic heterocycles. The zero-order chi connectivity index (χ0) is 18.7. The number of nitrogens with zero attached hydrogens (tertiary/aromatic N) is 1. The molecule has 2 aromatic rings. The Morgan fingerprint density at radius 1 is 1.08 bits per heavy atom. The molecule has 1 saturated carbocycles. The van der Waals surface area contributed by atoms with Gasteiger partial charge < -0.3 is 9.64 Å². The quantitative estimate of drug-likeness (QED) is 0.692. The maximum atomic E-state index is 12.5. The van der Waals surface area contributed by atoms with Crippen LogP contribution < -0.4 is 0 Å². The third kappa shape index (κ3) is 4.02. The van der Waals surface area contributed by atoms with Crippen LogP contribution >= 0.6 is 23.2 Å². The van der Waals surface area contributed by atoms with Crippen LogP contribution in [-0.2, 0) is 26.3 Å². The molecule has 0 atom stereocenters. The molecule has 136 valence electrons. The van der Waals surface area contributed by atoms with Gasteiger partial charge in [0.2, 0.25) is 0 Å². The van der Waals surface area contributed by atoms with Gasteiger partial charge in [-0.3, -0.25) is 9.59 Å². The van der Waals surface area contributed by atoms with E-state index in [1.807, 2.05) is 30.3 Å². The number of halogens is 2. The van der Waals surface area contributed by atoms with E-state index in [1.54, 1.807) is 25.2 Å². The number of hydrogen-bond acceptors (Lipinski definition) is 3. The van der Waals surface area contributed by atoms with Crippen LogP contribution in [0.1, 0.15) is 24.0 Å². The topological polar surface area (TPSA) is 46.6 Å². The van der Waals surface area contributed by atoms with Crippen molar-refractivity contribution in [1.82, 2.24) is 4.90 Å². The van der Waals surface area contributed by atoms with E-state index >= 15 is 0 Å². The highest BCUT2D eigenvalue weighted by atomic mass is 35.5. The first-order valence-electron chi connectivity index (χ1n) is 8.33. The molecule has 1 amide bonds. The fourth-order valence-corrected chi connectivity index (χ4v) is 3.19. The highest BCUT2D eigenvalue weighted by Crippen LogP contribution is 2.49. The maximum absolute atomic E-state index is 12.5. The lowest BCUT2D eigenvalue weighted by Crippen LogP contribution is -2.33. The van der Waals surface area contributed by atoms with E-state index in [9.17, 15) is 9.59 Å². The van der Waals surface area contributed by atoms with Gasteiger partial charge >= 0.3 is 5.97 Å². The molecule has 0 saturated heterocycles. The van der Waals surface area contributed by atoms with Crippen molar-refractivity contribution in [3.8, 4) is 0 Å². The highest BCUT2D eigenvalue weighted by Gasteiger charge is 2.52. The molecule has 26 heavy (non-hydrogen) atoms. The van der Waals surface area contributed by atoms with Gasteiger partial charge in [0.15, 0.2) is 6.61 Å². The molecule has 3 rings (SSSR count). The molecule has 1 fully saturated rings. The minimum atomic E-state index is -0.580. The number of benzene rings is 2. The van der Waals surface area contributed by atoms with Gasteiger partial charge in [-0.2, -0.15) is 0 Å². The summed E-state index contributed by atoms with van der Waals surface area (Å²) in [7, 11) is 1.66. The summed E-state index contributed by atoms with van der Waals surface area (Å²) in [5.41, 5.74) is 1.22. The van der Waals surface area contributed by atoms with Crippen LogP contribution in [0.4, 0.5) is 0 Å². The Hall–Kier alpha value is -2.04. The molecule has 1 aliphatic rings. The van der Waals surface area contributed by atoms with E-state index < -0.39 is 5.41 Å². The molecule has 2 aromatic carbocycles. The number of ether oxygens (including phenoxy) is 1. The average Bonchev–Trinajstić information content (AvgIpc) is 3.45. The molecule has 0 unspecified atom stereocenters. The number of carbonyl (C=O) groups is 2. The molecule has 0 bridgehead atoms. The second kappa shape index (κ2) is 7.68. The second-order valence-electron chi connectivity index (χ2n) is 6.52. The summed E-state index contributed by atoms with van der Waals surface area (Å²) in [6, 6.07) is 14.8. The van der Waals surface area contributed by atoms with Crippen molar-refractivity contribution in [1.29, 1.82) is 0 Å². The number of amides is 1. The molecule has 0 heterocycles. The summed E-state index contributed by atoms with van der Waals surface area (Å²) in [5.74, 6) is -0.603. The first-order chi connectivity index (χ1) is 12.4. The van der Waals surface area contributed by atoms with Crippen LogP contribution in [0.3, 0.4) is 0 Å². The van der Waals surface area contributed by atoms with Crippen molar-refractivity contribution in [3.05, 3.63) is 69.7 Å². The smallest absolute Gasteiger partial charge is 0.317 e. The number of rotatable bonds is 6. The van der Waals surface area contributed by atoms with E-state index in [2.05, 4.69) is 0 Å². The molecule has 0 N–H and O–H groups in total. The molecule has 4 nitrogen and oxygen atoms in total. The van der Waals surface area contributed by atoms with Crippen molar-refractivity contribution in [3.63, 3.8) is 0 Å². The zero-order valence-corrected chi connectivity index (χ0v) is 15.9. The van der Waals surface area contributed by atoms with Gasteiger partial charge in [0.1, 0.15) is 0 Å². The van der Waals surface area contributed by atoms with Gasteiger partial charge in [-0.05, 0) is 36.1 Å². The van der Waals surface area contributed by atoms with Crippen LogP contribution in [-0.4, -0.2) is 30.4 Å². The van der Waals surface area contributed by atoms with Crippen molar-refractivity contribution in [2.45, 2.75) is 24.8 Å². The predicted molar refractivity (Wildman–Crippen MR) is 101 cm³/mol. The maximum Gasteiger partial charge on any atom is 0.317 e. The van der Waals surface area contributed by atoms with Crippen LogP contribution in [0.25, 0.3) is 0 Å². The van der Waals surface area contributed by atoms with E-state index in [-0.39, 0.29) is 18.5 Å². The number of carbonyl (C=O) groups excluding carboxylic acids is 2. The Morgan fingerprint density at radius 3 is 2.38 bits per heavy atom. The monoisotopic (exact) mass is 391 g/mol. The van der Waals surface area contributed by atoms with Crippen molar-refractivity contribution in [2.24, 2.45) is 0 Å². The van der Waals surface area contributed by atoms with E-state index in [0.29, 0.717) is 16.6 Å². The molecule has 6 heteroatoms. The Kier molecular flexibility index (Phi) is 5.54. The Bertz CT molecular complexity index is 819. The van der Waals surface area contributed by atoms with E-state index in [4.69, 9.17) is 27.9 Å². The molecule has 1 aliphatic carbocycles. The molecule has 0 spiro atoms. The normalized spacial score (nSPS) is 14.6. The standard InChI is InChI=1S/C20H19Cl2NO3/c1-23(12-14-7-8-16(21)17(22)11-14)18(24)13-26-19(25)20(9-10-20)15-5-3-2-4-6-15/h2-8,11H,9-10,12-13H2,1H3.